The van der Waals surface area contributed by atoms with E-state index in [9.17, 15) is 18.8 Å². The Balaban J connectivity index is 1.49. The molecule has 1 heterocycles. The highest BCUT2D eigenvalue weighted by atomic mass is 35.5. The van der Waals surface area contributed by atoms with Gasteiger partial charge in [-0.2, -0.15) is 5.10 Å². The molecule has 1 aliphatic rings. The number of hydrogen-bond acceptors (Lipinski definition) is 5. The minimum Gasteiger partial charge on any atom is -0.439 e. The summed E-state index contributed by atoms with van der Waals surface area (Å²) < 4.78 is 15.6. The number of rotatable bonds is 11. The summed E-state index contributed by atoms with van der Waals surface area (Å²) in [6, 6.07) is 9.93. The number of primary amides is 1. The molecule has 4 N–H and O–H groups in total. The molecule has 1 aromatic heterocycles. The molecule has 3 amide bonds. The Morgan fingerprint density at radius 1 is 1.28 bits per heavy atom. The summed E-state index contributed by atoms with van der Waals surface area (Å²) in [5, 5.41) is 10.8. The maximum Gasteiger partial charge on any atom is 0.269 e. The third-order valence-corrected chi connectivity index (χ3v) is 6.27. The minimum absolute atomic E-state index is 0.0219. The van der Waals surface area contributed by atoms with Crippen molar-refractivity contribution in [2.45, 2.75) is 32.0 Å². The molecular weight excluding hydrogens is 483 g/mol. The quantitative estimate of drug-likeness (QED) is 0.313. The third kappa shape index (κ3) is 5.84. The lowest BCUT2D eigenvalue weighted by molar-refractivity contribution is -0.137. The summed E-state index contributed by atoms with van der Waals surface area (Å²) in [4.78, 5) is 39.3. The van der Waals surface area contributed by atoms with E-state index in [0.29, 0.717) is 10.9 Å². The largest absolute Gasteiger partial charge is 0.439 e. The van der Waals surface area contributed by atoms with Crippen LogP contribution in [0.2, 0.25) is 5.02 Å². The molecule has 4 rings (SSSR count). The third-order valence-electron chi connectivity index (χ3n) is 5.98. The fourth-order valence-corrected chi connectivity index (χ4v) is 4.17. The Kier molecular flexibility index (Phi) is 7.88. The normalized spacial score (nSPS) is 12.7. The van der Waals surface area contributed by atoms with Gasteiger partial charge in [0, 0.05) is 29.2 Å². The van der Waals surface area contributed by atoms with E-state index in [-0.39, 0.29) is 47.9 Å². The van der Waals surface area contributed by atoms with Gasteiger partial charge < -0.3 is 21.2 Å². The van der Waals surface area contributed by atoms with Crippen molar-refractivity contribution in [3.63, 3.8) is 0 Å². The van der Waals surface area contributed by atoms with Gasteiger partial charge in [-0.15, -0.1) is 0 Å². The van der Waals surface area contributed by atoms with Crippen LogP contribution in [0.3, 0.4) is 0 Å². The van der Waals surface area contributed by atoms with Crippen LogP contribution in [0.15, 0.2) is 36.4 Å². The van der Waals surface area contributed by atoms with E-state index in [1.54, 1.807) is 12.1 Å². The summed E-state index contributed by atoms with van der Waals surface area (Å²) in [6.07, 6.45) is 1.58. The van der Waals surface area contributed by atoms with Gasteiger partial charge in [-0.3, -0.25) is 19.1 Å². The van der Waals surface area contributed by atoms with Gasteiger partial charge in [-0.1, -0.05) is 23.7 Å². The average Bonchev–Trinajstić information content (AvgIpc) is 3.63. The molecule has 0 saturated heterocycles. The minimum atomic E-state index is -0.688. The molecule has 3 aromatic rings. The van der Waals surface area contributed by atoms with Crippen LogP contribution in [-0.4, -0.2) is 67.1 Å². The van der Waals surface area contributed by atoms with Gasteiger partial charge in [0.15, 0.2) is 13.0 Å². The van der Waals surface area contributed by atoms with E-state index < -0.39 is 17.6 Å². The Hall–Kier alpha value is -3.47. The van der Waals surface area contributed by atoms with Crippen molar-refractivity contribution in [3.8, 4) is 0 Å². The van der Waals surface area contributed by atoms with E-state index in [2.05, 4.69) is 15.6 Å². The molecule has 1 aliphatic carbocycles. The molecule has 0 spiro atoms. The van der Waals surface area contributed by atoms with E-state index in [0.717, 1.165) is 32.9 Å². The summed E-state index contributed by atoms with van der Waals surface area (Å²) in [5.41, 5.74) is 7.28. The Morgan fingerprint density at radius 2 is 2.06 bits per heavy atom. The number of anilines is 1. The number of carbonyl (C=O) groups excluding carboxylic acids is 3. The number of benzene rings is 2. The van der Waals surface area contributed by atoms with Gasteiger partial charge in [0.1, 0.15) is 12.4 Å². The predicted molar refractivity (Wildman–Crippen MR) is 143 cm³/mol. The number of amides is 3. The first kappa shape index (κ1) is 25.6. The van der Waals surface area contributed by atoms with E-state index in [4.69, 9.17) is 17.3 Å². The van der Waals surface area contributed by atoms with Crippen LogP contribution in [0.4, 0.5) is 10.1 Å². The lowest BCUT2D eigenvalue weighted by Gasteiger charge is -2.22. The molecule has 0 aliphatic heterocycles. The van der Waals surface area contributed by atoms with Crippen molar-refractivity contribution < 1.29 is 18.8 Å². The van der Waals surface area contributed by atoms with Crippen molar-refractivity contribution in [1.29, 1.82) is 0 Å². The number of nitrogens with one attached hydrogen (secondary N) is 2. The first-order valence-corrected chi connectivity index (χ1v) is 12.2. The van der Waals surface area contributed by atoms with Crippen LogP contribution in [0.5, 0.6) is 0 Å². The molecule has 36 heavy (non-hydrogen) atoms. The molecule has 0 unspecified atom stereocenters. The summed E-state index contributed by atoms with van der Waals surface area (Å²) in [5.74, 6) is -2.00. The number of carbonyl (C=O) groups is 3. The Bertz CT molecular complexity index is 1320. The van der Waals surface area contributed by atoms with Crippen LogP contribution in [0.25, 0.3) is 10.9 Å². The lowest BCUT2D eigenvalue weighted by atomic mass is 9.33. The predicted octanol–water partition coefficient (Wildman–Crippen LogP) is -0.102. The molecule has 14 heteroatoms. The first-order chi connectivity index (χ1) is 17.3. The van der Waals surface area contributed by atoms with Gasteiger partial charge in [0.2, 0.25) is 11.8 Å². The molecular formula is C22H25B3ClFN6O3. The van der Waals surface area contributed by atoms with Gasteiger partial charge in [-0.25, -0.2) is 4.39 Å². The number of hydrogen-bond donors (Lipinski definition) is 3. The van der Waals surface area contributed by atoms with Crippen molar-refractivity contribution in [2.75, 3.05) is 11.8 Å². The van der Waals surface area contributed by atoms with E-state index >= 15 is 0 Å². The molecule has 0 bridgehead atoms. The van der Waals surface area contributed by atoms with Crippen LogP contribution < -0.4 is 16.3 Å². The molecule has 184 valence electrons. The average molecular weight is 508 g/mol. The van der Waals surface area contributed by atoms with Crippen molar-refractivity contribution in [1.82, 2.24) is 20.0 Å². The summed E-state index contributed by atoms with van der Waals surface area (Å²) in [6.45, 7) is -0.373. The van der Waals surface area contributed by atoms with E-state index in [1.165, 1.54) is 21.7 Å². The lowest BCUT2D eigenvalue weighted by Crippen LogP contribution is -2.43. The smallest absolute Gasteiger partial charge is 0.269 e. The van der Waals surface area contributed by atoms with Gasteiger partial charge in [-0.05, 0) is 37.1 Å². The highest BCUT2D eigenvalue weighted by Gasteiger charge is 2.34. The maximum absolute atomic E-state index is 14.1. The number of nitrogens with two attached hydrogens (primary N) is 1. The summed E-state index contributed by atoms with van der Waals surface area (Å²) in [7, 11) is 3.75. The summed E-state index contributed by atoms with van der Waals surface area (Å²) >= 11 is 5.80. The number of aromatic nitrogens is 2. The highest BCUT2D eigenvalue weighted by molar-refractivity contribution is 7.24. The fraction of sp³-hybridized carbons (Fsp3) is 0.273. The molecule has 1 fully saturated rings. The van der Waals surface area contributed by atoms with E-state index in [1.807, 2.05) is 19.9 Å². The standard InChI is InChI=1S/C22H25B3ClFN6O3/c23-24-25-30-13-4-7-15-17(8-13)33(31-21(15)22(28)36)11-19(35)32(14-5-6-14)10-18(34)29-9-12-2-1-3-16(26)20(12)27/h1-4,7-8,14,24-25,30H,5-6,9-11,23H2,(H2,28,36)(H,29,34). The molecule has 0 atom stereocenters. The van der Waals surface area contributed by atoms with Crippen LogP contribution >= 0.6 is 11.6 Å². The zero-order valence-corrected chi connectivity index (χ0v) is 20.6. The second-order valence-corrected chi connectivity index (χ2v) is 9.18. The highest BCUT2D eigenvalue weighted by Crippen LogP contribution is 2.28. The van der Waals surface area contributed by atoms with Gasteiger partial charge in [0.25, 0.3) is 5.91 Å². The van der Waals surface area contributed by atoms with Crippen molar-refractivity contribution in [2.24, 2.45) is 5.73 Å². The zero-order chi connectivity index (χ0) is 25.8. The van der Waals surface area contributed by atoms with Crippen LogP contribution in [-0.2, 0) is 22.7 Å². The zero-order valence-electron chi connectivity index (χ0n) is 19.9. The number of nitrogens with zero attached hydrogens (tertiary/aromatic N) is 3. The Morgan fingerprint density at radius 3 is 2.75 bits per heavy atom. The SMILES string of the molecule is BBBNc1ccc2c(C(N)=O)nn(CC(=O)N(CC(=O)NCc3cccc(Cl)c3F)C3CC3)c2c1. The van der Waals surface area contributed by atoms with Crippen molar-refractivity contribution >= 4 is 68.0 Å². The molecule has 0 radical (unpaired) electrons. The number of halogens is 2. The topological polar surface area (TPSA) is 122 Å². The maximum atomic E-state index is 14.1. The second-order valence-electron chi connectivity index (χ2n) is 8.77. The van der Waals surface area contributed by atoms with Crippen LogP contribution in [0.1, 0.15) is 28.9 Å². The van der Waals surface area contributed by atoms with Gasteiger partial charge >= 0.3 is 0 Å². The molecule has 1 saturated carbocycles. The van der Waals surface area contributed by atoms with Crippen molar-refractivity contribution in [3.05, 3.63) is 58.5 Å². The van der Waals surface area contributed by atoms with Gasteiger partial charge in [0.05, 0.1) is 31.9 Å². The Labute approximate surface area is 214 Å². The van der Waals surface area contributed by atoms with Crippen LogP contribution in [0, 0.1) is 5.82 Å². The molecule has 9 nitrogen and oxygen atoms in total. The second kappa shape index (κ2) is 11.1. The fourth-order valence-electron chi connectivity index (χ4n) is 3.97. The first-order valence-electron chi connectivity index (χ1n) is 11.8. The monoisotopic (exact) mass is 508 g/mol. The number of fused-ring (bicyclic) bond motifs is 1. The molecule has 2 aromatic carbocycles.